The molecule has 0 saturated carbocycles. The molecule has 0 spiro atoms. The van der Waals surface area contributed by atoms with Gasteiger partial charge < -0.3 is 5.11 Å². The van der Waals surface area contributed by atoms with Gasteiger partial charge in [-0.15, -0.1) is 0 Å². The fraction of sp³-hybridized carbons (Fsp3) is 0.600. The Morgan fingerprint density at radius 1 is 1.64 bits per heavy atom. The Morgan fingerprint density at radius 2 is 2.27 bits per heavy atom. The van der Waals surface area contributed by atoms with Crippen LogP contribution in [0.15, 0.2) is 24.3 Å². The van der Waals surface area contributed by atoms with Gasteiger partial charge in [0.2, 0.25) is 0 Å². The SMILES string of the molecule is C=C(C)CC=C[C@H](C)CCO. The van der Waals surface area contributed by atoms with Crippen molar-refractivity contribution in [3.63, 3.8) is 0 Å². The molecule has 0 aliphatic rings. The molecule has 1 nitrogen and oxygen atoms in total. The number of allylic oxidation sites excluding steroid dienone is 3. The molecule has 0 aromatic heterocycles. The molecule has 11 heavy (non-hydrogen) atoms. The predicted molar refractivity (Wildman–Crippen MR) is 49.4 cm³/mol. The summed E-state index contributed by atoms with van der Waals surface area (Å²) in [4.78, 5) is 0. The fourth-order valence-corrected chi connectivity index (χ4v) is 0.801. The first-order valence-electron chi connectivity index (χ1n) is 4.08. The van der Waals surface area contributed by atoms with E-state index in [0.717, 1.165) is 12.8 Å². The second-order valence-corrected chi connectivity index (χ2v) is 3.08. The van der Waals surface area contributed by atoms with Gasteiger partial charge >= 0.3 is 0 Å². The minimum Gasteiger partial charge on any atom is -0.396 e. The van der Waals surface area contributed by atoms with Crippen LogP contribution in [0.5, 0.6) is 0 Å². The molecule has 0 fully saturated rings. The van der Waals surface area contributed by atoms with E-state index in [-0.39, 0.29) is 6.61 Å². The molecule has 1 heteroatoms. The summed E-state index contributed by atoms with van der Waals surface area (Å²) in [5, 5.41) is 8.59. The molecule has 0 aromatic rings. The van der Waals surface area contributed by atoms with Gasteiger partial charge in [0.1, 0.15) is 0 Å². The molecule has 0 aliphatic heterocycles. The Hall–Kier alpha value is -0.560. The highest BCUT2D eigenvalue weighted by Crippen LogP contribution is 2.05. The summed E-state index contributed by atoms with van der Waals surface area (Å²) in [5.41, 5.74) is 1.18. The van der Waals surface area contributed by atoms with E-state index in [1.165, 1.54) is 5.57 Å². The minimum atomic E-state index is 0.276. The molecule has 0 amide bonds. The molecule has 0 aliphatic carbocycles. The lowest BCUT2D eigenvalue weighted by Gasteiger charge is -2.01. The van der Waals surface area contributed by atoms with Gasteiger partial charge in [-0.3, -0.25) is 0 Å². The maximum absolute atomic E-state index is 8.59. The van der Waals surface area contributed by atoms with Gasteiger partial charge in [-0.25, -0.2) is 0 Å². The van der Waals surface area contributed by atoms with E-state index in [4.69, 9.17) is 5.11 Å². The average Bonchev–Trinajstić information content (AvgIpc) is 1.87. The van der Waals surface area contributed by atoms with Gasteiger partial charge in [-0.2, -0.15) is 0 Å². The molecule has 0 aromatic carbocycles. The van der Waals surface area contributed by atoms with Gasteiger partial charge in [0.25, 0.3) is 0 Å². The lowest BCUT2D eigenvalue weighted by Crippen LogP contribution is -1.92. The third kappa shape index (κ3) is 7.34. The number of rotatable bonds is 5. The van der Waals surface area contributed by atoms with Gasteiger partial charge in [-0.05, 0) is 25.7 Å². The second-order valence-electron chi connectivity index (χ2n) is 3.08. The van der Waals surface area contributed by atoms with Crippen molar-refractivity contribution in [3.05, 3.63) is 24.3 Å². The molecule has 0 radical (unpaired) electrons. The molecule has 0 rings (SSSR count). The summed E-state index contributed by atoms with van der Waals surface area (Å²) in [6.07, 6.45) is 6.05. The summed E-state index contributed by atoms with van der Waals surface area (Å²) < 4.78 is 0. The van der Waals surface area contributed by atoms with Crippen LogP contribution >= 0.6 is 0 Å². The third-order valence-electron chi connectivity index (χ3n) is 1.52. The number of aliphatic hydroxyl groups excluding tert-OH is 1. The summed E-state index contributed by atoms with van der Waals surface area (Å²) >= 11 is 0. The number of aliphatic hydroxyl groups is 1. The zero-order valence-electron chi connectivity index (χ0n) is 7.51. The van der Waals surface area contributed by atoms with E-state index in [1.54, 1.807) is 0 Å². The van der Waals surface area contributed by atoms with Crippen LogP contribution in [-0.2, 0) is 0 Å². The highest BCUT2D eigenvalue weighted by atomic mass is 16.2. The third-order valence-corrected chi connectivity index (χ3v) is 1.52. The topological polar surface area (TPSA) is 20.2 Å². The zero-order valence-corrected chi connectivity index (χ0v) is 7.51. The molecular formula is C10H18O. The Kier molecular flexibility index (Phi) is 5.86. The van der Waals surface area contributed by atoms with E-state index in [1.807, 2.05) is 6.92 Å². The second kappa shape index (κ2) is 6.17. The highest BCUT2D eigenvalue weighted by molar-refractivity contribution is 4.99. The average molecular weight is 154 g/mol. The lowest BCUT2D eigenvalue weighted by atomic mass is 10.1. The smallest absolute Gasteiger partial charge is 0.0436 e. The molecular weight excluding hydrogens is 136 g/mol. The van der Waals surface area contributed by atoms with Crippen LogP contribution in [0.3, 0.4) is 0 Å². The standard InChI is InChI=1S/C10H18O/c1-9(2)5-4-6-10(3)7-8-11/h4,6,10-11H,1,5,7-8H2,2-3H3/t10-/m0/s1. The van der Waals surface area contributed by atoms with Crippen molar-refractivity contribution < 1.29 is 5.11 Å². The van der Waals surface area contributed by atoms with Crippen LogP contribution in [0.4, 0.5) is 0 Å². The largest absolute Gasteiger partial charge is 0.396 e. The van der Waals surface area contributed by atoms with Crippen LogP contribution in [0, 0.1) is 5.92 Å². The number of hydrogen-bond donors (Lipinski definition) is 1. The monoisotopic (exact) mass is 154 g/mol. The highest BCUT2D eigenvalue weighted by Gasteiger charge is 1.93. The summed E-state index contributed by atoms with van der Waals surface area (Å²) in [6, 6.07) is 0. The minimum absolute atomic E-state index is 0.276. The summed E-state index contributed by atoms with van der Waals surface area (Å²) in [5.74, 6) is 0.486. The quantitative estimate of drug-likeness (QED) is 0.603. The fourth-order valence-electron chi connectivity index (χ4n) is 0.801. The maximum atomic E-state index is 8.59. The van der Waals surface area contributed by atoms with Crippen LogP contribution in [0.2, 0.25) is 0 Å². The van der Waals surface area contributed by atoms with Gasteiger partial charge in [-0.1, -0.05) is 31.2 Å². The van der Waals surface area contributed by atoms with E-state index in [9.17, 15) is 0 Å². The summed E-state index contributed by atoms with van der Waals surface area (Å²) in [7, 11) is 0. The Bertz CT molecular complexity index is 136. The first-order valence-corrected chi connectivity index (χ1v) is 4.08. The van der Waals surface area contributed by atoms with Crippen LogP contribution in [-0.4, -0.2) is 11.7 Å². The van der Waals surface area contributed by atoms with E-state index in [0.29, 0.717) is 5.92 Å². The maximum Gasteiger partial charge on any atom is 0.0436 e. The number of hydrogen-bond acceptors (Lipinski definition) is 1. The van der Waals surface area contributed by atoms with Gasteiger partial charge in [0.15, 0.2) is 0 Å². The van der Waals surface area contributed by atoms with Crippen LogP contribution in [0.25, 0.3) is 0 Å². The Labute approximate surface area is 69.4 Å². The van der Waals surface area contributed by atoms with Gasteiger partial charge in [0, 0.05) is 6.61 Å². The van der Waals surface area contributed by atoms with Crippen molar-refractivity contribution in [1.29, 1.82) is 0 Å². The first-order chi connectivity index (χ1) is 5.16. The molecule has 0 heterocycles. The van der Waals surface area contributed by atoms with Crippen LogP contribution < -0.4 is 0 Å². The van der Waals surface area contributed by atoms with Crippen molar-refractivity contribution in [2.24, 2.45) is 5.92 Å². The lowest BCUT2D eigenvalue weighted by molar-refractivity contribution is 0.274. The molecule has 1 N–H and O–H groups in total. The van der Waals surface area contributed by atoms with E-state index < -0.39 is 0 Å². The molecule has 0 bridgehead atoms. The normalized spacial score (nSPS) is 13.7. The molecule has 0 saturated heterocycles. The van der Waals surface area contributed by atoms with Crippen molar-refractivity contribution >= 4 is 0 Å². The van der Waals surface area contributed by atoms with Crippen LogP contribution in [0.1, 0.15) is 26.7 Å². The summed E-state index contributed by atoms with van der Waals surface area (Å²) in [6.45, 7) is 8.19. The first kappa shape index (κ1) is 10.4. The van der Waals surface area contributed by atoms with Crippen molar-refractivity contribution in [2.45, 2.75) is 26.7 Å². The van der Waals surface area contributed by atoms with E-state index in [2.05, 4.69) is 25.7 Å². The van der Waals surface area contributed by atoms with E-state index >= 15 is 0 Å². The predicted octanol–water partition coefficient (Wildman–Crippen LogP) is 2.53. The molecule has 0 unspecified atom stereocenters. The molecule has 1 atom stereocenters. The van der Waals surface area contributed by atoms with Crippen molar-refractivity contribution in [2.75, 3.05) is 6.61 Å². The Balaban J connectivity index is 3.47. The van der Waals surface area contributed by atoms with Gasteiger partial charge in [0.05, 0.1) is 0 Å². The Morgan fingerprint density at radius 3 is 2.73 bits per heavy atom. The molecule has 64 valence electrons. The van der Waals surface area contributed by atoms with Crippen molar-refractivity contribution in [3.8, 4) is 0 Å². The zero-order chi connectivity index (χ0) is 8.69. The van der Waals surface area contributed by atoms with Crippen molar-refractivity contribution in [1.82, 2.24) is 0 Å².